The van der Waals surface area contributed by atoms with Gasteiger partial charge in [0.1, 0.15) is 0 Å². The third-order valence-corrected chi connectivity index (χ3v) is 4.93. The number of anilines is 1. The summed E-state index contributed by atoms with van der Waals surface area (Å²) < 4.78 is 7.51. The first-order valence-electron chi connectivity index (χ1n) is 9.51. The van der Waals surface area contributed by atoms with Crippen molar-refractivity contribution >= 4 is 39.4 Å². The highest BCUT2D eigenvalue weighted by molar-refractivity contribution is 6.10. The number of hydrogen-bond acceptors (Lipinski definition) is 4. The lowest BCUT2D eigenvalue weighted by molar-refractivity contribution is -0.123. The Morgan fingerprint density at radius 1 is 1.03 bits per heavy atom. The number of nitrogens with zero attached hydrogens (tertiary/aromatic N) is 2. The maximum Gasteiger partial charge on any atom is 0.339 e. The van der Waals surface area contributed by atoms with Crippen molar-refractivity contribution in [2.45, 2.75) is 26.5 Å². The molecule has 2 aromatic carbocycles. The molecule has 4 aromatic rings. The topological polar surface area (TPSA) is 73.2 Å². The van der Waals surface area contributed by atoms with E-state index in [-0.39, 0.29) is 5.91 Å². The van der Waals surface area contributed by atoms with Crippen LogP contribution in [-0.2, 0) is 16.1 Å². The summed E-state index contributed by atoms with van der Waals surface area (Å²) >= 11 is 0. The van der Waals surface area contributed by atoms with E-state index in [0.717, 1.165) is 28.4 Å². The SMILES string of the molecule is CCn1c2ccccc2c2cc(NC(=O)C(C)OC(=O)c3ccncc3)ccc21. The Hall–Kier alpha value is -3.67. The summed E-state index contributed by atoms with van der Waals surface area (Å²) in [7, 11) is 0. The van der Waals surface area contributed by atoms with Crippen molar-refractivity contribution in [3.8, 4) is 0 Å². The van der Waals surface area contributed by atoms with E-state index in [2.05, 4.69) is 33.9 Å². The molecule has 0 aliphatic rings. The van der Waals surface area contributed by atoms with Crippen LogP contribution in [0.15, 0.2) is 67.0 Å². The monoisotopic (exact) mass is 387 g/mol. The molecule has 0 aliphatic heterocycles. The lowest BCUT2D eigenvalue weighted by Crippen LogP contribution is -2.30. The summed E-state index contributed by atoms with van der Waals surface area (Å²) in [6.45, 7) is 4.52. The number of fused-ring (bicyclic) bond motifs is 3. The van der Waals surface area contributed by atoms with Gasteiger partial charge in [0.25, 0.3) is 5.91 Å². The van der Waals surface area contributed by atoms with E-state index in [1.807, 2.05) is 30.3 Å². The summed E-state index contributed by atoms with van der Waals surface area (Å²) in [4.78, 5) is 28.5. The Kier molecular flexibility index (Phi) is 4.99. The number of pyridine rings is 1. The van der Waals surface area contributed by atoms with Gasteiger partial charge < -0.3 is 14.6 Å². The Balaban J connectivity index is 1.55. The van der Waals surface area contributed by atoms with E-state index < -0.39 is 12.1 Å². The molecule has 1 N–H and O–H groups in total. The van der Waals surface area contributed by atoms with Crippen molar-refractivity contribution in [1.82, 2.24) is 9.55 Å². The molecule has 4 rings (SSSR count). The van der Waals surface area contributed by atoms with Gasteiger partial charge in [0.15, 0.2) is 6.10 Å². The van der Waals surface area contributed by atoms with Crippen LogP contribution in [0.5, 0.6) is 0 Å². The number of amides is 1. The molecule has 0 saturated carbocycles. The van der Waals surface area contributed by atoms with Crippen molar-refractivity contribution in [3.63, 3.8) is 0 Å². The van der Waals surface area contributed by atoms with Gasteiger partial charge in [-0.3, -0.25) is 9.78 Å². The normalized spacial score (nSPS) is 12.1. The molecule has 0 radical (unpaired) electrons. The van der Waals surface area contributed by atoms with Crippen LogP contribution in [0.2, 0.25) is 0 Å². The molecule has 6 nitrogen and oxygen atoms in total. The minimum absolute atomic E-state index is 0.355. The van der Waals surface area contributed by atoms with Crippen LogP contribution in [0.3, 0.4) is 0 Å². The Bertz CT molecular complexity index is 1200. The van der Waals surface area contributed by atoms with Crippen LogP contribution < -0.4 is 5.32 Å². The van der Waals surface area contributed by atoms with Crippen molar-refractivity contribution in [2.24, 2.45) is 0 Å². The van der Waals surface area contributed by atoms with E-state index in [1.165, 1.54) is 12.4 Å². The average molecular weight is 387 g/mol. The summed E-state index contributed by atoms with van der Waals surface area (Å²) in [6, 6.07) is 17.1. The summed E-state index contributed by atoms with van der Waals surface area (Å²) in [5.41, 5.74) is 3.29. The molecule has 1 atom stereocenters. The first-order chi connectivity index (χ1) is 14.1. The van der Waals surface area contributed by atoms with Gasteiger partial charge in [-0.15, -0.1) is 0 Å². The van der Waals surface area contributed by atoms with Crippen LogP contribution >= 0.6 is 0 Å². The molecular weight excluding hydrogens is 366 g/mol. The van der Waals surface area contributed by atoms with Crippen molar-refractivity contribution < 1.29 is 14.3 Å². The van der Waals surface area contributed by atoms with Gasteiger partial charge in [0, 0.05) is 46.4 Å². The Morgan fingerprint density at radius 2 is 1.76 bits per heavy atom. The third kappa shape index (κ3) is 3.57. The molecule has 146 valence electrons. The average Bonchev–Trinajstić information content (AvgIpc) is 3.07. The van der Waals surface area contributed by atoms with Crippen molar-refractivity contribution in [3.05, 3.63) is 72.6 Å². The highest BCUT2D eigenvalue weighted by atomic mass is 16.5. The second kappa shape index (κ2) is 7.75. The van der Waals surface area contributed by atoms with Crippen LogP contribution in [0, 0.1) is 0 Å². The maximum absolute atomic E-state index is 12.5. The van der Waals surface area contributed by atoms with Gasteiger partial charge in [-0.05, 0) is 50.2 Å². The standard InChI is InChI=1S/C23H21N3O3/c1-3-26-20-7-5-4-6-18(20)19-14-17(8-9-21(19)26)25-22(27)15(2)29-23(28)16-10-12-24-13-11-16/h4-15H,3H2,1-2H3,(H,25,27). The number of esters is 1. The zero-order chi connectivity index (χ0) is 20.4. The predicted octanol–water partition coefficient (Wildman–Crippen LogP) is 4.39. The lowest BCUT2D eigenvalue weighted by atomic mass is 10.1. The number of carbonyl (C=O) groups excluding carboxylic acids is 2. The lowest BCUT2D eigenvalue weighted by Gasteiger charge is -2.14. The summed E-state index contributed by atoms with van der Waals surface area (Å²) in [6.07, 6.45) is 2.08. The highest BCUT2D eigenvalue weighted by Gasteiger charge is 2.19. The fourth-order valence-electron chi connectivity index (χ4n) is 3.49. The predicted molar refractivity (Wildman–Crippen MR) is 113 cm³/mol. The van der Waals surface area contributed by atoms with Gasteiger partial charge in [-0.1, -0.05) is 18.2 Å². The maximum atomic E-state index is 12.5. The zero-order valence-corrected chi connectivity index (χ0v) is 16.3. The van der Waals surface area contributed by atoms with Gasteiger partial charge in [0.05, 0.1) is 5.56 Å². The minimum atomic E-state index is -0.927. The van der Waals surface area contributed by atoms with Crippen molar-refractivity contribution in [2.75, 3.05) is 5.32 Å². The van der Waals surface area contributed by atoms with Crippen LogP contribution in [0.1, 0.15) is 24.2 Å². The van der Waals surface area contributed by atoms with Gasteiger partial charge in [0.2, 0.25) is 0 Å². The molecule has 0 fully saturated rings. The largest absolute Gasteiger partial charge is 0.449 e. The van der Waals surface area contributed by atoms with Gasteiger partial charge in [-0.2, -0.15) is 0 Å². The van der Waals surface area contributed by atoms with Gasteiger partial charge >= 0.3 is 5.97 Å². The number of rotatable bonds is 5. The number of hydrogen-bond donors (Lipinski definition) is 1. The number of para-hydroxylation sites is 1. The fraction of sp³-hybridized carbons (Fsp3) is 0.174. The zero-order valence-electron chi connectivity index (χ0n) is 16.3. The summed E-state index contributed by atoms with van der Waals surface area (Å²) in [5, 5.41) is 5.05. The first-order valence-corrected chi connectivity index (χ1v) is 9.51. The number of aryl methyl sites for hydroxylation is 1. The molecule has 0 spiro atoms. The molecule has 1 amide bonds. The first kappa shape index (κ1) is 18.7. The smallest absolute Gasteiger partial charge is 0.339 e. The number of aromatic nitrogens is 2. The molecule has 6 heteroatoms. The molecule has 1 unspecified atom stereocenters. The third-order valence-electron chi connectivity index (χ3n) is 4.93. The molecule has 0 bridgehead atoms. The number of nitrogens with one attached hydrogen (secondary N) is 1. The Labute approximate surface area is 168 Å². The van der Waals surface area contributed by atoms with Gasteiger partial charge in [-0.25, -0.2) is 4.79 Å². The van der Waals surface area contributed by atoms with E-state index in [1.54, 1.807) is 19.1 Å². The molecular formula is C23H21N3O3. The van der Waals surface area contributed by atoms with E-state index >= 15 is 0 Å². The number of carbonyl (C=O) groups is 2. The molecule has 2 heterocycles. The number of benzene rings is 2. The fourth-order valence-corrected chi connectivity index (χ4v) is 3.49. The number of ether oxygens (including phenoxy) is 1. The highest BCUT2D eigenvalue weighted by Crippen LogP contribution is 2.31. The molecule has 29 heavy (non-hydrogen) atoms. The second-order valence-corrected chi connectivity index (χ2v) is 6.77. The second-order valence-electron chi connectivity index (χ2n) is 6.77. The van der Waals surface area contributed by atoms with E-state index in [0.29, 0.717) is 11.3 Å². The molecule has 0 saturated heterocycles. The summed E-state index contributed by atoms with van der Waals surface area (Å²) in [5.74, 6) is -0.942. The van der Waals surface area contributed by atoms with E-state index in [4.69, 9.17) is 4.74 Å². The Morgan fingerprint density at radius 3 is 2.52 bits per heavy atom. The van der Waals surface area contributed by atoms with Crippen LogP contribution in [0.4, 0.5) is 5.69 Å². The minimum Gasteiger partial charge on any atom is -0.449 e. The quantitative estimate of drug-likeness (QED) is 0.515. The van der Waals surface area contributed by atoms with Crippen LogP contribution in [-0.4, -0.2) is 27.5 Å². The van der Waals surface area contributed by atoms with Crippen molar-refractivity contribution in [1.29, 1.82) is 0 Å². The van der Waals surface area contributed by atoms with E-state index in [9.17, 15) is 9.59 Å². The molecule has 2 aromatic heterocycles. The molecule has 0 aliphatic carbocycles. The van der Waals surface area contributed by atoms with Crippen LogP contribution in [0.25, 0.3) is 21.8 Å².